The summed E-state index contributed by atoms with van der Waals surface area (Å²) in [7, 11) is 1.73. The van der Waals surface area contributed by atoms with Gasteiger partial charge in [-0.25, -0.2) is 4.39 Å². The number of aliphatic imine (C=N–C) groups is 1. The van der Waals surface area contributed by atoms with E-state index in [4.69, 9.17) is 0 Å². The molecule has 0 spiro atoms. The van der Waals surface area contributed by atoms with Gasteiger partial charge in [0, 0.05) is 31.7 Å². The summed E-state index contributed by atoms with van der Waals surface area (Å²) in [5.74, 6) is 0.504. The summed E-state index contributed by atoms with van der Waals surface area (Å²) in [4.78, 5) is 8.70. The summed E-state index contributed by atoms with van der Waals surface area (Å²) in [5.41, 5.74) is 3.75. The highest BCUT2D eigenvalue weighted by Crippen LogP contribution is 2.15. The lowest BCUT2D eigenvalue weighted by Crippen LogP contribution is -2.36. The lowest BCUT2D eigenvalue weighted by molar-refractivity contribution is 0.617. The molecule has 0 bridgehead atoms. The summed E-state index contributed by atoms with van der Waals surface area (Å²) in [6, 6.07) is 15.2. The summed E-state index contributed by atoms with van der Waals surface area (Å²) in [5, 5.41) is 7.66. The fraction of sp³-hybridized carbons (Fsp3) is 0.200. The number of benzene rings is 2. The second-order valence-corrected chi connectivity index (χ2v) is 5.86. The Bertz CT molecular complexity index is 900. The Morgan fingerprint density at radius 1 is 1.08 bits per heavy atom. The minimum Gasteiger partial charge on any atom is -0.352 e. The standard InChI is InChI=1S/C20H21FN4/c1-14-11-15(8-9-18(14)21)12-24-20(22-2)25-13-17-6-3-5-16-7-4-10-23-19(16)17/h3-11H,12-13H2,1-2H3,(H2,22,24,25). The second-order valence-electron chi connectivity index (χ2n) is 5.86. The first-order valence-electron chi connectivity index (χ1n) is 8.19. The Labute approximate surface area is 146 Å². The fourth-order valence-electron chi connectivity index (χ4n) is 2.71. The number of pyridine rings is 1. The zero-order valence-electron chi connectivity index (χ0n) is 14.4. The maximum atomic E-state index is 13.3. The van der Waals surface area contributed by atoms with Crippen LogP contribution in [0.5, 0.6) is 0 Å². The normalized spacial score (nSPS) is 11.6. The van der Waals surface area contributed by atoms with Crippen molar-refractivity contribution in [2.75, 3.05) is 7.05 Å². The third-order valence-corrected chi connectivity index (χ3v) is 4.07. The smallest absolute Gasteiger partial charge is 0.191 e. The molecular formula is C20H21FN4. The van der Waals surface area contributed by atoms with E-state index in [-0.39, 0.29) is 5.82 Å². The van der Waals surface area contributed by atoms with Crippen molar-refractivity contribution in [3.8, 4) is 0 Å². The zero-order chi connectivity index (χ0) is 17.6. The van der Waals surface area contributed by atoms with Crippen LogP contribution in [0.4, 0.5) is 4.39 Å². The summed E-state index contributed by atoms with van der Waals surface area (Å²) in [6.07, 6.45) is 1.80. The van der Waals surface area contributed by atoms with Gasteiger partial charge >= 0.3 is 0 Å². The van der Waals surface area contributed by atoms with Gasteiger partial charge < -0.3 is 10.6 Å². The van der Waals surface area contributed by atoms with E-state index in [1.54, 1.807) is 26.2 Å². The Kier molecular flexibility index (Phi) is 5.23. The van der Waals surface area contributed by atoms with Gasteiger partial charge in [-0.1, -0.05) is 36.4 Å². The lowest BCUT2D eigenvalue weighted by Gasteiger charge is -2.13. The number of guanidine groups is 1. The molecule has 2 N–H and O–H groups in total. The average Bonchev–Trinajstić information content (AvgIpc) is 2.64. The largest absolute Gasteiger partial charge is 0.352 e. The summed E-state index contributed by atoms with van der Waals surface area (Å²) < 4.78 is 13.3. The first-order chi connectivity index (χ1) is 12.2. The molecule has 0 saturated heterocycles. The van der Waals surface area contributed by atoms with Crippen molar-refractivity contribution >= 4 is 16.9 Å². The molecule has 0 saturated carbocycles. The van der Waals surface area contributed by atoms with Crippen LogP contribution in [0.2, 0.25) is 0 Å². The molecule has 1 aromatic heterocycles. The van der Waals surface area contributed by atoms with Crippen LogP contribution in [0.15, 0.2) is 59.7 Å². The topological polar surface area (TPSA) is 49.3 Å². The van der Waals surface area contributed by atoms with Crippen molar-refractivity contribution in [2.45, 2.75) is 20.0 Å². The Hall–Kier alpha value is -2.95. The Morgan fingerprint density at radius 2 is 1.88 bits per heavy atom. The molecule has 25 heavy (non-hydrogen) atoms. The molecule has 3 aromatic rings. The predicted molar refractivity (Wildman–Crippen MR) is 99.9 cm³/mol. The van der Waals surface area contributed by atoms with Crippen LogP contribution in [0.25, 0.3) is 10.9 Å². The first-order valence-corrected chi connectivity index (χ1v) is 8.19. The number of hydrogen-bond acceptors (Lipinski definition) is 2. The van der Waals surface area contributed by atoms with Crippen molar-refractivity contribution in [1.82, 2.24) is 15.6 Å². The van der Waals surface area contributed by atoms with E-state index in [0.717, 1.165) is 22.0 Å². The van der Waals surface area contributed by atoms with Crippen molar-refractivity contribution in [2.24, 2.45) is 4.99 Å². The maximum Gasteiger partial charge on any atom is 0.191 e. The molecule has 128 valence electrons. The van der Waals surface area contributed by atoms with Crippen LogP contribution in [0, 0.1) is 12.7 Å². The predicted octanol–water partition coefficient (Wildman–Crippen LogP) is 3.55. The molecule has 0 aliphatic heterocycles. The molecule has 0 atom stereocenters. The van der Waals surface area contributed by atoms with Gasteiger partial charge in [0.05, 0.1) is 5.52 Å². The quantitative estimate of drug-likeness (QED) is 0.566. The van der Waals surface area contributed by atoms with Gasteiger partial charge in [-0.2, -0.15) is 0 Å². The number of para-hydroxylation sites is 1. The van der Waals surface area contributed by atoms with Gasteiger partial charge in [-0.3, -0.25) is 9.98 Å². The number of nitrogens with one attached hydrogen (secondary N) is 2. The number of halogens is 1. The van der Waals surface area contributed by atoms with Crippen LogP contribution in [-0.4, -0.2) is 18.0 Å². The highest BCUT2D eigenvalue weighted by molar-refractivity contribution is 5.83. The van der Waals surface area contributed by atoms with Gasteiger partial charge in [0.1, 0.15) is 5.82 Å². The minimum absolute atomic E-state index is 0.185. The highest BCUT2D eigenvalue weighted by Gasteiger charge is 2.04. The van der Waals surface area contributed by atoms with Crippen LogP contribution < -0.4 is 10.6 Å². The minimum atomic E-state index is -0.185. The number of fused-ring (bicyclic) bond motifs is 1. The van der Waals surface area contributed by atoms with Crippen LogP contribution in [0.1, 0.15) is 16.7 Å². The van der Waals surface area contributed by atoms with Gasteiger partial charge in [0.15, 0.2) is 5.96 Å². The molecular weight excluding hydrogens is 315 g/mol. The number of hydrogen-bond donors (Lipinski definition) is 2. The lowest BCUT2D eigenvalue weighted by atomic mass is 10.1. The number of rotatable bonds is 4. The second kappa shape index (κ2) is 7.75. The molecule has 2 aromatic carbocycles. The maximum absolute atomic E-state index is 13.3. The number of aromatic nitrogens is 1. The SMILES string of the molecule is CN=C(NCc1ccc(F)c(C)c1)NCc1cccc2cccnc12. The van der Waals surface area contributed by atoms with Crippen molar-refractivity contribution in [3.63, 3.8) is 0 Å². The van der Waals surface area contributed by atoms with E-state index in [1.807, 2.05) is 18.2 Å². The Balaban J connectivity index is 1.63. The molecule has 1 heterocycles. The van der Waals surface area contributed by atoms with E-state index in [2.05, 4.69) is 38.8 Å². The molecule has 0 amide bonds. The van der Waals surface area contributed by atoms with E-state index in [9.17, 15) is 4.39 Å². The molecule has 0 unspecified atom stereocenters. The first kappa shape index (κ1) is 16.9. The van der Waals surface area contributed by atoms with Crippen molar-refractivity contribution < 1.29 is 4.39 Å². The summed E-state index contributed by atoms with van der Waals surface area (Å²) in [6.45, 7) is 2.96. The van der Waals surface area contributed by atoms with Crippen LogP contribution in [0.3, 0.4) is 0 Å². The van der Waals surface area contributed by atoms with Gasteiger partial charge in [0.25, 0.3) is 0 Å². The zero-order valence-corrected chi connectivity index (χ0v) is 14.4. The van der Waals surface area contributed by atoms with Crippen LogP contribution >= 0.6 is 0 Å². The Morgan fingerprint density at radius 3 is 2.68 bits per heavy atom. The van der Waals surface area contributed by atoms with E-state index < -0.39 is 0 Å². The van der Waals surface area contributed by atoms with E-state index >= 15 is 0 Å². The molecule has 0 aliphatic rings. The van der Waals surface area contributed by atoms with Crippen molar-refractivity contribution in [1.29, 1.82) is 0 Å². The number of nitrogens with zero attached hydrogens (tertiary/aromatic N) is 2. The van der Waals surface area contributed by atoms with Gasteiger partial charge in [0.2, 0.25) is 0 Å². The van der Waals surface area contributed by atoms with Crippen LogP contribution in [-0.2, 0) is 13.1 Å². The third kappa shape index (κ3) is 4.12. The molecule has 0 radical (unpaired) electrons. The third-order valence-electron chi connectivity index (χ3n) is 4.07. The van der Waals surface area contributed by atoms with Gasteiger partial charge in [-0.05, 0) is 35.7 Å². The van der Waals surface area contributed by atoms with E-state index in [1.165, 1.54) is 6.07 Å². The molecule has 0 aliphatic carbocycles. The van der Waals surface area contributed by atoms with Gasteiger partial charge in [-0.15, -0.1) is 0 Å². The average molecular weight is 336 g/mol. The molecule has 0 fully saturated rings. The molecule has 5 heteroatoms. The van der Waals surface area contributed by atoms with E-state index in [0.29, 0.717) is 24.6 Å². The highest BCUT2D eigenvalue weighted by atomic mass is 19.1. The monoisotopic (exact) mass is 336 g/mol. The summed E-state index contributed by atoms with van der Waals surface area (Å²) >= 11 is 0. The molecule has 4 nitrogen and oxygen atoms in total. The van der Waals surface area contributed by atoms with Crippen molar-refractivity contribution in [3.05, 3.63) is 77.2 Å². The molecule has 3 rings (SSSR count). The fourth-order valence-corrected chi connectivity index (χ4v) is 2.71. The number of aryl methyl sites for hydroxylation is 1.